The number of carbonyl (C=O) groups excluding carboxylic acids is 2. The van der Waals surface area contributed by atoms with Crippen LogP contribution in [0.5, 0.6) is 0 Å². The molecule has 0 spiro atoms. The number of alkyl carbamates (subject to hydrolysis) is 1. The SMILES string of the molecule is COC(=O)C(C[C@]12C[C@@H]3OCC(C)(C)O[C@@H]3[C@H]1OC(C)(C)O2)NC(=O)OC(C)(C)C. The number of carbonyl (C=O) groups is 2. The van der Waals surface area contributed by atoms with E-state index in [9.17, 15) is 9.59 Å². The summed E-state index contributed by atoms with van der Waals surface area (Å²) in [4.78, 5) is 24.9. The molecule has 1 amide bonds. The van der Waals surface area contributed by atoms with Crippen molar-refractivity contribution in [3.05, 3.63) is 0 Å². The van der Waals surface area contributed by atoms with Crippen LogP contribution in [0.15, 0.2) is 0 Å². The molecule has 3 rings (SSSR count). The first-order chi connectivity index (χ1) is 13.7. The van der Waals surface area contributed by atoms with Crippen molar-refractivity contribution >= 4 is 12.1 Å². The number of esters is 1. The van der Waals surface area contributed by atoms with Gasteiger partial charge in [0.15, 0.2) is 5.79 Å². The molecule has 172 valence electrons. The summed E-state index contributed by atoms with van der Waals surface area (Å²) < 4.78 is 35.2. The summed E-state index contributed by atoms with van der Waals surface area (Å²) in [5.41, 5.74) is -2.03. The van der Waals surface area contributed by atoms with Gasteiger partial charge in [0.05, 0.1) is 25.4 Å². The van der Waals surface area contributed by atoms with E-state index in [0.717, 1.165) is 0 Å². The van der Waals surface area contributed by atoms with Crippen LogP contribution < -0.4 is 5.32 Å². The molecule has 0 aromatic carbocycles. The van der Waals surface area contributed by atoms with Crippen LogP contribution in [0.3, 0.4) is 0 Å². The zero-order valence-electron chi connectivity index (χ0n) is 19.2. The minimum atomic E-state index is -0.974. The molecule has 0 aromatic rings. The summed E-state index contributed by atoms with van der Waals surface area (Å²) >= 11 is 0. The Morgan fingerprint density at radius 2 is 1.83 bits per heavy atom. The Morgan fingerprint density at radius 3 is 2.43 bits per heavy atom. The van der Waals surface area contributed by atoms with Gasteiger partial charge in [-0.15, -0.1) is 0 Å². The smallest absolute Gasteiger partial charge is 0.408 e. The topological polar surface area (TPSA) is 102 Å². The summed E-state index contributed by atoms with van der Waals surface area (Å²) in [6, 6.07) is -0.974. The molecule has 0 aromatic heterocycles. The third kappa shape index (κ3) is 4.90. The lowest BCUT2D eigenvalue weighted by Crippen LogP contribution is -2.53. The summed E-state index contributed by atoms with van der Waals surface area (Å²) in [5.74, 6) is -1.45. The van der Waals surface area contributed by atoms with E-state index < -0.39 is 46.8 Å². The molecule has 30 heavy (non-hydrogen) atoms. The number of nitrogens with one attached hydrogen (secondary N) is 1. The summed E-state index contributed by atoms with van der Waals surface area (Å²) in [6.45, 7) is 13.3. The lowest BCUT2D eigenvalue weighted by Gasteiger charge is -2.39. The van der Waals surface area contributed by atoms with Crippen LogP contribution in [-0.4, -0.2) is 72.7 Å². The van der Waals surface area contributed by atoms with Crippen molar-refractivity contribution in [3.63, 3.8) is 0 Å². The molecule has 2 saturated heterocycles. The Kier molecular flexibility index (Phi) is 5.90. The van der Waals surface area contributed by atoms with Crippen LogP contribution in [-0.2, 0) is 33.2 Å². The lowest BCUT2D eigenvalue weighted by molar-refractivity contribution is -0.249. The van der Waals surface area contributed by atoms with Gasteiger partial charge in [-0.3, -0.25) is 0 Å². The van der Waals surface area contributed by atoms with Crippen molar-refractivity contribution in [2.75, 3.05) is 13.7 Å². The number of ether oxygens (including phenoxy) is 6. The maximum atomic E-state index is 12.5. The van der Waals surface area contributed by atoms with Gasteiger partial charge in [0.1, 0.15) is 29.5 Å². The first-order valence-corrected chi connectivity index (χ1v) is 10.4. The average Bonchev–Trinajstić information content (AvgIpc) is 2.98. The molecule has 3 fully saturated rings. The highest BCUT2D eigenvalue weighted by molar-refractivity contribution is 5.81. The number of methoxy groups -OCH3 is 1. The van der Waals surface area contributed by atoms with Crippen LogP contribution in [0, 0.1) is 0 Å². The summed E-state index contributed by atoms with van der Waals surface area (Å²) in [7, 11) is 1.28. The van der Waals surface area contributed by atoms with Crippen molar-refractivity contribution in [1.29, 1.82) is 0 Å². The fraction of sp³-hybridized carbons (Fsp3) is 0.905. The maximum absolute atomic E-state index is 12.5. The molecule has 3 aliphatic rings. The number of hydrogen-bond donors (Lipinski definition) is 1. The molecular weight excluding hydrogens is 394 g/mol. The van der Waals surface area contributed by atoms with Crippen LogP contribution in [0.4, 0.5) is 4.79 Å². The Labute approximate surface area is 178 Å². The largest absolute Gasteiger partial charge is 0.467 e. The molecule has 1 N–H and O–H groups in total. The number of fused-ring (bicyclic) bond motifs is 3. The highest BCUT2D eigenvalue weighted by atomic mass is 16.8. The Balaban J connectivity index is 1.84. The molecule has 1 unspecified atom stereocenters. The van der Waals surface area contributed by atoms with E-state index in [4.69, 9.17) is 28.4 Å². The van der Waals surface area contributed by atoms with Gasteiger partial charge in [-0.05, 0) is 48.5 Å². The van der Waals surface area contributed by atoms with Gasteiger partial charge in [-0.25, -0.2) is 9.59 Å². The van der Waals surface area contributed by atoms with Crippen molar-refractivity contribution < 1.29 is 38.0 Å². The monoisotopic (exact) mass is 429 g/mol. The maximum Gasteiger partial charge on any atom is 0.408 e. The standard InChI is InChI=1S/C21H35NO8/c1-18(2,3)29-17(24)22-12(16(23)25-8)9-21-10-13-14(27-19(4,5)11-26-13)15(21)28-20(6,7)30-21/h12-15H,9-11H2,1-8H3,(H,22,24)/t12?,13-,14-,15+,21-/m0/s1. The molecule has 9 heteroatoms. The Hall–Kier alpha value is -1.42. The Bertz CT molecular complexity index is 685. The van der Waals surface area contributed by atoms with Gasteiger partial charge in [-0.1, -0.05) is 0 Å². The fourth-order valence-corrected chi connectivity index (χ4v) is 4.53. The van der Waals surface area contributed by atoms with Gasteiger partial charge >= 0.3 is 12.1 Å². The zero-order valence-corrected chi connectivity index (χ0v) is 19.2. The minimum absolute atomic E-state index is 0.146. The predicted octanol–water partition coefficient (Wildman–Crippen LogP) is 2.30. The normalized spacial score (nSPS) is 35.1. The number of rotatable bonds is 4. The molecule has 0 radical (unpaired) electrons. The van der Waals surface area contributed by atoms with Gasteiger partial charge in [0.2, 0.25) is 0 Å². The van der Waals surface area contributed by atoms with Crippen molar-refractivity contribution in [2.45, 2.75) is 108 Å². The molecular formula is C21H35NO8. The predicted molar refractivity (Wildman–Crippen MR) is 106 cm³/mol. The average molecular weight is 430 g/mol. The van der Waals surface area contributed by atoms with E-state index in [-0.39, 0.29) is 18.6 Å². The van der Waals surface area contributed by atoms with Crippen molar-refractivity contribution in [2.24, 2.45) is 0 Å². The Morgan fingerprint density at radius 1 is 1.17 bits per heavy atom. The lowest BCUT2D eigenvalue weighted by atomic mass is 9.90. The van der Waals surface area contributed by atoms with Crippen molar-refractivity contribution in [3.8, 4) is 0 Å². The summed E-state index contributed by atoms with van der Waals surface area (Å²) in [5, 5.41) is 2.63. The third-order valence-corrected chi connectivity index (χ3v) is 5.42. The highest BCUT2D eigenvalue weighted by Crippen LogP contribution is 2.52. The molecule has 1 saturated carbocycles. The third-order valence-electron chi connectivity index (χ3n) is 5.42. The molecule has 2 aliphatic heterocycles. The number of hydrogen-bond acceptors (Lipinski definition) is 8. The fourth-order valence-electron chi connectivity index (χ4n) is 4.53. The number of amides is 1. The van der Waals surface area contributed by atoms with E-state index >= 15 is 0 Å². The first-order valence-electron chi connectivity index (χ1n) is 10.4. The van der Waals surface area contributed by atoms with Crippen LogP contribution in [0.2, 0.25) is 0 Å². The summed E-state index contributed by atoms with van der Waals surface area (Å²) in [6.07, 6.45) is -1.09. The van der Waals surface area contributed by atoms with E-state index in [0.29, 0.717) is 13.0 Å². The van der Waals surface area contributed by atoms with E-state index in [2.05, 4.69) is 5.32 Å². The molecule has 9 nitrogen and oxygen atoms in total. The molecule has 2 heterocycles. The van der Waals surface area contributed by atoms with E-state index in [1.807, 2.05) is 27.7 Å². The second kappa shape index (κ2) is 7.62. The molecule has 1 aliphatic carbocycles. The molecule has 0 bridgehead atoms. The first kappa shape index (κ1) is 23.2. The van der Waals surface area contributed by atoms with Gasteiger partial charge in [0, 0.05) is 12.8 Å². The highest BCUT2D eigenvalue weighted by Gasteiger charge is 2.66. The van der Waals surface area contributed by atoms with Crippen molar-refractivity contribution in [1.82, 2.24) is 5.32 Å². The second-order valence-electron chi connectivity index (χ2n) is 10.4. The van der Waals surface area contributed by atoms with Crippen LogP contribution >= 0.6 is 0 Å². The van der Waals surface area contributed by atoms with Gasteiger partial charge in [-0.2, -0.15) is 0 Å². The minimum Gasteiger partial charge on any atom is -0.467 e. The van der Waals surface area contributed by atoms with Gasteiger partial charge < -0.3 is 33.7 Å². The van der Waals surface area contributed by atoms with Gasteiger partial charge in [0.25, 0.3) is 0 Å². The molecule has 5 atom stereocenters. The van der Waals surface area contributed by atoms with E-state index in [1.165, 1.54) is 7.11 Å². The van der Waals surface area contributed by atoms with Crippen LogP contribution in [0.1, 0.15) is 61.3 Å². The van der Waals surface area contributed by atoms with E-state index in [1.54, 1.807) is 20.8 Å². The second-order valence-corrected chi connectivity index (χ2v) is 10.4. The van der Waals surface area contributed by atoms with Crippen LogP contribution in [0.25, 0.3) is 0 Å². The zero-order chi connectivity index (χ0) is 22.5. The quantitative estimate of drug-likeness (QED) is 0.680.